The summed E-state index contributed by atoms with van der Waals surface area (Å²) in [6, 6.07) is 1.80. The summed E-state index contributed by atoms with van der Waals surface area (Å²) in [7, 11) is 0. The molecular formula is C12H13F3N2O4. The highest BCUT2D eigenvalue weighted by Crippen LogP contribution is 2.37. The number of rotatable bonds is 5. The van der Waals surface area contributed by atoms with Crippen LogP contribution < -0.4 is 5.32 Å². The van der Waals surface area contributed by atoms with Crippen molar-refractivity contribution in [2.24, 2.45) is 5.92 Å². The third-order valence-electron chi connectivity index (χ3n) is 3.03. The molecule has 116 valence electrons. The van der Waals surface area contributed by atoms with Gasteiger partial charge in [0.2, 0.25) is 0 Å². The first-order valence-electron chi connectivity index (χ1n) is 5.89. The van der Waals surface area contributed by atoms with Crippen LogP contribution in [0.25, 0.3) is 0 Å². The van der Waals surface area contributed by atoms with Gasteiger partial charge in [-0.3, -0.25) is 14.9 Å². The Hall–Kier alpha value is -2.32. The molecule has 1 rings (SSSR count). The second-order valence-corrected chi connectivity index (χ2v) is 4.55. The Morgan fingerprint density at radius 2 is 1.95 bits per heavy atom. The average molecular weight is 306 g/mol. The number of nitro benzene ring substituents is 1. The Balaban J connectivity index is 3.12. The van der Waals surface area contributed by atoms with Crippen molar-refractivity contribution in [1.82, 2.24) is 0 Å². The van der Waals surface area contributed by atoms with E-state index in [0.29, 0.717) is 6.07 Å². The second-order valence-electron chi connectivity index (χ2n) is 4.55. The molecule has 0 aliphatic carbocycles. The van der Waals surface area contributed by atoms with Crippen LogP contribution in [0.3, 0.4) is 0 Å². The number of halogens is 3. The lowest BCUT2D eigenvalue weighted by atomic mass is 10.0. The van der Waals surface area contributed by atoms with E-state index in [2.05, 4.69) is 5.32 Å². The van der Waals surface area contributed by atoms with Crippen molar-refractivity contribution in [2.75, 3.05) is 5.32 Å². The summed E-state index contributed by atoms with van der Waals surface area (Å²) in [6.45, 7) is 2.89. The first-order valence-corrected chi connectivity index (χ1v) is 5.89. The van der Waals surface area contributed by atoms with Crippen LogP contribution >= 0.6 is 0 Å². The molecule has 0 aliphatic rings. The van der Waals surface area contributed by atoms with Gasteiger partial charge in [0.05, 0.1) is 10.8 Å². The number of nitro groups is 1. The number of alkyl halides is 3. The summed E-state index contributed by atoms with van der Waals surface area (Å²) in [5, 5.41) is 22.0. The molecule has 2 N–H and O–H groups in total. The second kappa shape index (κ2) is 5.98. The van der Waals surface area contributed by atoms with Crippen LogP contribution in [0.2, 0.25) is 0 Å². The van der Waals surface area contributed by atoms with Crippen molar-refractivity contribution in [3.63, 3.8) is 0 Å². The van der Waals surface area contributed by atoms with Crippen LogP contribution in [0.15, 0.2) is 18.2 Å². The van der Waals surface area contributed by atoms with E-state index in [1.165, 1.54) is 13.8 Å². The number of benzene rings is 1. The monoisotopic (exact) mass is 306 g/mol. The molecular weight excluding hydrogens is 293 g/mol. The highest BCUT2D eigenvalue weighted by atomic mass is 19.4. The minimum Gasteiger partial charge on any atom is -0.481 e. The Morgan fingerprint density at radius 3 is 2.38 bits per heavy atom. The van der Waals surface area contributed by atoms with Gasteiger partial charge in [-0.05, 0) is 26.0 Å². The number of aliphatic carboxylic acids is 1. The molecule has 1 aromatic rings. The van der Waals surface area contributed by atoms with Gasteiger partial charge in [0.15, 0.2) is 0 Å². The number of hydrogen-bond acceptors (Lipinski definition) is 4. The van der Waals surface area contributed by atoms with Gasteiger partial charge in [-0.25, -0.2) is 0 Å². The molecule has 0 spiro atoms. The predicted molar refractivity (Wildman–Crippen MR) is 68.0 cm³/mol. The molecule has 0 saturated carbocycles. The van der Waals surface area contributed by atoms with Gasteiger partial charge >= 0.3 is 12.1 Å². The van der Waals surface area contributed by atoms with Gasteiger partial charge in [-0.1, -0.05) is 0 Å². The smallest absolute Gasteiger partial charge is 0.423 e. The summed E-state index contributed by atoms with van der Waals surface area (Å²) in [5.74, 6) is -1.94. The van der Waals surface area contributed by atoms with E-state index in [-0.39, 0.29) is 5.69 Å². The van der Waals surface area contributed by atoms with E-state index in [9.17, 15) is 28.1 Å². The Labute approximate surface area is 117 Å². The fourth-order valence-corrected chi connectivity index (χ4v) is 1.61. The maximum absolute atomic E-state index is 12.8. The van der Waals surface area contributed by atoms with Crippen molar-refractivity contribution in [2.45, 2.75) is 26.1 Å². The van der Waals surface area contributed by atoms with E-state index >= 15 is 0 Å². The average Bonchev–Trinajstić information content (AvgIpc) is 2.36. The molecule has 9 heteroatoms. The highest BCUT2D eigenvalue weighted by molar-refractivity contribution is 5.71. The normalized spacial score (nSPS) is 14.3. The van der Waals surface area contributed by atoms with Crippen molar-refractivity contribution in [1.29, 1.82) is 0 Å². The lowest BCUT2D eigenvalue weighted by Crippen LogP contribution is -2.29. The third kappa shape index (κ3) is 4.07. The molecule has 0 radical (unpaired) electrons. The van der Waals surface area contributed by atoms with Crippen LogP contribution in [0.1, 0.15) is 19.4 Å². The maximum atomic E-state index is 12.8. The molecule has 2 unspecified atom stereocenters. The van der Waals surface area contributed by atoms with E-state index in [0.717, 1.165) is 12.1 Å². The van der Waals surface area contributed by atoms with E-state index in [1.54, 1.807) is 0 Å². The minimum absolute atomic E-state index is 0.0338. The van der Waals surface area contributed by atoms with E-state index < -0.39 is 40.3 Å². The Bertz CT molecular complexity index is 560. The number of anilines is 1. The van der Waals surface area contributed by atoms with Gasteiger partial charge in [-0.15, -0.1) is 0 Å². The Morgan fingerprint density at radius 1 is 1.38 bits per heavy atom. The summed E-state index contributed by atoms with van der Waals surface area (Å²) in [5.41, 5.74) is -2.46. The van der Waals surface area contributed by atoms with Crippen molar-refractivity contribution in [3.05, 3.63) is 33.9 Å². The summed E-state index contributed by atoms with van der Waals surface area (Å²) < 4.78 is 38.4. The molecule has 0 aliphatic heterocycles. The van der Waals surface area contributed by atoms with Crippen molar-refractivity contribution >= 4 is 17.3 Å². The van der Waals surface area contributed by atoms with Gasteiger partial charge in [-0.2, -0.15) is 13.2 Å². The molecule has 0 heterocycles. The van der Waals surface area contributed by atoms with Crippen LogP contribution in [-0.4, -0.2) is 22.0 Å². The zero-order chi connectivity index (χ0) is 16.4. The molecule has 0 bridgehead atoms. The number of carboxylic acid groups (broad SMARTS) is 1. The van der Waals surface area contributed by atoms with Gasteiger partial charge < -0.3 is 10.4 Å². The maximum Gasteiger partial charge on any atom is 0.423 e. The Kier molecular flexibility index (Phi) is 4.77. The van der Waals surface area contributed by atoms with Crippen molar-refractivity contribution in [3.8, 4) is 0 Å². The quantitative estimate of drug-likeness (QED) is 0.644. The summed E-state index contributed by atoms with van der Waals surface area (Å²) >= 11 is 0. The van der Waals surface area contributed by atoms with Crippen LogP contribution in [-0.2, 0) is 11.0 Å². The lowest BCUT2D eigenvalue weighted by Gasteiger charge is -2.19. The number of hydrogen-bond donors (Lipinski definition) is 2. The van der Waals surface area contributed by atoms with Gasteiger partial charge in [0.1, 0.15) is 5.56 Å². The predicted octanol–water partition coefficient (Wildman–Crippen LogP) is 3.13. The molecule has 1 aromatic carbocycles. The van der Waals surface area contributed by atoms with Crippen LogP contribution in [0, 0.1) is 16.0 Å². The first kappa shape index (κ1) is 16.7. The van der Waals surface area contributed by atoms with Crippen LogP contribution in [0.4, 0.5) is 24.5 Å². The summed E-state index contributed by atoms with van der Waals surface area (Å²) in [6.07, 6.45) is -4.87. The van der Waals surface area contributed by atoms with Gasteiger partial charge in [0.25, 0.3) is 5.69 Å². The van der Waals surface area contributed by atoms with Crippen LogP contribution in [0.5, 0.6) is 0 Å². The van der Waals surface area contributed by atoms with E-state index in [1.807, 2.05) is 0 Å². The topological polar surface area (TPSA) is 92.5 Å². The lowest BCUT2D eigenvalue weighted by molar-refractivity contribution is -0.388. The number of nitrogens with one attached hydrogen (secondary N) is 1. The molecule has 21 heavy (non-hydrogen) atoms. The highest BCUT2D eigenvalue weighted by Gasteiger charge is 2.38. The molecule has 0 saturated heterocycles. The minimum atomic E-state index is -4.87. The summed E-state index contributed by atoms with van der Waals surface area (Å²) in [4.78, 5) is 20.3. The third-order valence-corrected chi connectivity index (χ3v) is 3.03. The van der Waals surface area contributed by atoms with Gasteiger partial charge in [0, 0.05) is 17.8 Å². The fourth-order valence-electron chi connectivity index (χ4n) is 1.61. The molecule has 2 atom stereocenters. The first-order chi connectivity index (χ1) is 9.54. The standard InChI is InChI=1S/C12H13F3N2O4/c1-6(11(18)19)7(2)16-8-3-4-10(17(20)21)9(5-8)12(13,14)15/h3-7,16H,1-2H3,(H,18,19). The number of carboxylic acids is 1. The van der Waals surface area contributed by atoms with Crippen molar-refractivity contribution < 1.29 is 28.0 Å². The molecule has 0 fully saturated rings. The largest absolute Gasteiger partial charge is 0.481 e. The molecule has 6 nitrogen and oxygen atoms in total. The zero-order valence-electron chi connectivity index (χ0n) is 11.1. The molecule has 0 aromatic heterocycles. The fraction of sp³-hybridized carbons (Fsp3) is 0.417. The zero-order valence-corrected chi connectivity index (χ0v) is 11.1. The van der Waals surface area contributed by atoms with E-state index in [4.69, 9.17) is 5.11 Å². The number of nitrogens with zero attached hydrogens (tertiary/aromatic N) is 1. The molecule has 0 amide bonds. The number of carbonyl (C=O) groups is 1. The SMILES string of the molecule is CC(Nc1ccc([N+](=O)[O-])c(C(F)(F)F)c1)C(C)C(=O)O.